The van der Waals surface area contributed by atoms with Gasteiger partial charge in [0.1, 0.15) is 11.3 Å². The molecule has 1 saturated heterocycles. The molecular weight excluding hydrogens is 336 g/mol. The van der Waals surface area contributed by atoms with Gasteiger partial charge in [-0.3, -0.25) is 9.59 Å². The normalized spacial score (nSPS) is 19.2. The van der Waals surface area contributed by atoms with Gasteiger partial charge in [-0.2, -0.15) is 0 Å². The molecule has 2 atom stereocenters. The van der Waals surface area contributed by atoms with Crippen LogP contribution >= 0.6 is 0 Å². The first kappa shape index (κ1) is 17.7. The smallest absolute Gasteiger partial charge is 0.308 e. The second kappa shape index (κ2) is 7.43. The van der Waals surface area contributed by atoms with Crippen LogP contribution in [-0.4, -0.2) is 54.2 Å². The number of aliphatic carboxylic acids is 1. The Labute approximate surface area is 151 Å². The quantitative estimate of drug-likeness (QED) is 0.882. The summed E-state index contributed by atoms with van der Waals surface area (Å²) in [6, 6.07) is 10.6. The van der Waals surface area contributed by atoms with E-state index in [9.17, 15) is 14.7 Å². The van der Waals surface area contributed by atoms with Gasteiger partial charge in [-0.1, -0.05) is 18.2 Å². The maximum Gasteiger partial charge on any atom is 0.308 e. The lowest BCUT2D eigenvalue weighted by atomic mass is 9.88. The van der Waals surface area contributed by atoms with Crippen molar-refractivity contribution in [1.29, 1.82) is 0 Å². The lowest BCUT2D eigenvalue weighted by Gasteiger charge is -2.19. The molecule has 1 N–H and O–H groups in total. The number of para-hydroxylation sites is 1. The molecule has 0 spiro atoms. The molecule has 0 unspecified atom stereocenters. The van der Waals surface area contributed by atoms with Crippen LogP contribution in [0.5, 0.6) is 11.6 Å². The van der Waals surface area contributed by atoms with Gasteiger partial charge in [-0.05, 0) is 23.8 Å². The zero-order valence-corrected chi connectivity index (χ0v) is 14.6. The van der Waals surface area contributed by atoms with Crippen LogP contribution in [0.2, 0.25) is 0 Å². The van der Waals surface area contributed by atoms with E-state index in [0.717, 1.165) is 5.56 Å². The number of benzene rings is 1. The van der Waals surface area contributed by atoms with Gasteiger partial charge in [0.25, 0.3) is 5.91 Å². The average molecular weight is 356 g/mol. The molecule has 0 aliphatic carbocycles. The first-order valence-corrected chi connectivity index (χ1v) is 8.20. The minimum Gasteiger partial charge on any atom is -0.496 e. The Morgan fingerprint density at radius 3 is 2.58 bits per heavy atom. The van der Waals surface area contributed by atoms with Gasteiger partial charge in [0.15, 0.2) is 0 Å². The average Bonchev–Trinajstić information content (AvgIpc) is 3.13. The Balaban J connectivity index is 1.92. The summed E-state index contributed by atoms with van der Waals surface area (Å²) >= 11 is 0. The van der Waals surface area contributed by atoms with E-state index in [4.69, 9.17) is 9.47 Å². The van der Waals surface area contributed by atoms with Crippen molar-refractivity contribution in [3.05, 3.63) is 53.7 Å². The Morgan fingerprint density at radius 2 is 1.88 bits per heavy atom. The van der Waals surface area contributed by atoms with Crippen LogP contribution in [0.1, 0.15) is 21.8 Å². The minimum absolute atomic E-state index is 0.120. The van der Waals surface area contributed by atoms with E-state index < -0.39 is 11.9 Å². The number of amides is 1. The molecule has 1 aromatic heterocycles. The van der Waals surface area contributed by atoms with Crippen LogP contribution < -0.4 is 9.47 Å². The predicted molar refractivity (Wildman–Crippen MR) is 93.6 cm³/mol. The summed E-state index contributed by atoms with van der Waals surface area (Å²) in [5.74, 6) is -1.44. The maximum absolute atomic E-state index is 12.9. The zero-order chi connectivity index (χ0) is 18.7. The monoisotopic (exact) mass is 356 g/mol. The number of carboxylic acids is 1. The van der Waals surface area contributed by atoms with Crippen molar-refractivity contribution in [3.63, 3.8) is 0 Å². The molecule has 136 valence electrons. The molecule has 0 saturated carbocycles. The molecular formula is C19H20N2O5. The number of hydrogen-bond donors (Lipinski definition) is 1. The molecule has 7 nitrogen and oxygen atoms in total. The third-order valence-electron chi connectivity index (χ3n) is 4.66. The second-order valence-corrected chi connectivity index (χ2v) is 6.06. The Morgan fingerprint density at radius 1 is 1.12 bits per heavy atom. The molecule has 2 aromatic rings. The van der Waals surface area contributed by atoms with Gasteiger partial charge in [0, 0.05) is 25.2 Å². The molecule has 3 rings (SSSR count). The topological polar surface area (TPSA) is 89.0 Å². The van der Waals surface area contributed by atoms with Crippen molar-refractivity contribution in [3.8, 4) is 11.6 Å². The van der Waals surface area contributed by atoms with E-state index in [2.05, 4.69) is 4.98 Å². The van der Waals surface area contributed by atoms with Gasteiger partial charge in [-0.15, -0.1) is 0 Å². The summed E-state index contributed by atoms with van der Waals surface area (Å²) in [6.07, 6.45) is 1.54. The first-order chi connectivity index (χ1) is 12.6. The molecule has 2 heterocycles. The number of carbonyl (C=O) groups is 2. The van der Waals surface area contributed by atoms with Crippen LogP contribution in [0.25, 0.3) is 0 Å². The van der Waals surface area contributed by atoms with E-state index in [0.29, 0.717) is 11.3 Å². The largest absolute Gasteiger partial charge is 0.496 e. The summed E-state index contributed by atoms with van der Waals surface area (Å²) in [5, 5.41) is 9.66. The number of pyridine rings is 1. The molecule has 26 heavy (non-hydrogen) atoms. The summed E-state index contributed by atoms with van der Waals surface area (Å²) in [4.78, 5) is 30.3. The third-order valence-corrected chi connectivity index (χ3v) is 4.66. The van der Waals surface area contributed by atoms with Crippen molar-refractivity contribution >= 4 is 11.9 Å². The number of likely N-dealkylation sites (tertiary alicyclic amines) is 1. The molecule has 7 heteroatoms. The fourth-order valence-electron chi connectivity index (χ4n) is 3.39. The van der Waals surface area contributed by atoms with Crippen LogP contribution in [0.3, 0.4) is 0 Å². The Kier molecular flexibility index (Phi) is 5.06. The number of carbonyl (C=O) groups excluding carboxylic acids is 1. The standard InChI is InChI=1S/C19H20N2O5/c1-25-16-8-4-3-6-12(16)14-10-21(11-15(14)19(23)24)18(22)13-7-5-9-20-17(13)26-2/h3-9,14-15H,10-11H2,1-2H3,(H,23,24)/t14-,15+/m0/s1. The summed E-state index contributed by atoms with van der Waals surface area (Å²) < 4.78 is 10.5. The van der Waals surface area contributed by atoms with Crippen LogP contribution in [-0.2, 0) is 4.79 Å². The highest BCUT2D eigenvalue weighted by molar-refractivity contribution is 5.97. The van der Waals surface area contributed by atoms with Gasteiger partial charge < -0.3 is 19.5 Å². The van der Waals surface area contributed by atoms with Gasteiger partial charge in [-0.25, -0.2) is 4.98 Å². The van der Waals surface area contributed by atoms with Gasteiger partial charge in [0.2, 0.25) is 5.88 Å². The van der Waals surface area contributed by atoms with Crippen LogP contribution in [0, 0.1) is 5.92 Å². The molecule has 0 radical (unpaired) electrons. The van der Waals surface area contributed by atoms with Crippen LogP contribution in [0.15, 0.2) is 42.6 Å². The number of ether oxygens (including phenoxy) is 2. The Hall–Kier alpha value is -3.09. The summed E-state index contributed by atoms with van der Waals surface area (Å²) in [6.45, 7) is 0.406. The highest BCUT2D eigenvalue weighted by Crippen LogP contribution is 2.38. The lowest BCUT2D eigenvalue weighted by molar-refractivity contribution is -0.141. The van der Waals surface area contributed by atoms with E-state index in [1.165, 1.54) is 18.2 Å². The molecule has 1 amide bonds. The second-order valence-electron chi connectivity index (χ2n) is 6.06. The summed E-state index contributed by atoms with van der Waals surface area (Å²) in [5.41, 5.74) is 1.11. The fraction of sp³-hybridized carbons (Fsp3) is 0.316. The van der Waals surface area contributed by atoms with Crippen molar-refractivity contribution in [1.82, 2.24) is 9.88 Å². The van der Waals surface area contributed by atoms with E-state index >= 15 is 0 Å². The predicted octanol–water partition coefficient (Wildman–Crippen LogP) is 2.04. The number of rotatable bonds is 5. The van der Waals surface area contributed by atoms with E-state index in [1.54, 1.807) is 25.3 Å². The number of hydrogen-bond acceptors (Lipinski definition) is 5. The molecule has 1 aromatic carbocycles. The lowest BCUT2D eigenvalue weighted by Crippen LogP contribution is -2.30. The number of nitrogens with zero attached hydrogens (tertiary/aromatic N) is 2. The van der Waals surface area contributed by atoms with E-state index in [1.807, 2.05) is 18.2 Å². The molecule has 1 aliphatic rings. The minimum atomic E-state index is -0.936. The molecule has 0 bridgehead atoms. The molecule has 1 fully saturated rings. The van der Waals surface area contributed by atoms with E-state index in [-0.39, 0.29) is 30.8 Å². The van der Waals surface area contributed by atoms with Gasteiger partial charge >= 0.3 is 5.97 Å². The highest BCUT2D eigenvalue weighted by Gasteiger charge is 2.42. The van der Waals surface area contributed by atoms with Crippen molar-refractivity contribution in [2.75, 3.05) is 27.3 Å². The van der Waals surface area contributed by atoms with Crippen molar-refractivity contribution < 1.29 is 24.2 Å². The SMILES string of the molecule is COc1ccccc1[C@@H]1CN(C(=O)c2cccnc2OC)C[C@H]1C(=O)O. The van der Waals surface area contributed by atoms with Crippen molar-refractivity contribution in [2.24, 2.45) is 5.92 Å². The molecule has 1 aliphatic heterocycles. The number of methoxy groups -OCH3 is 2. The summed E-state index contributed by atoms with van der Waals surface area (Å²) in [7, 11) is 2.99. The first-order valence-electron chi connectivity index (χ1n) is 8.20. The zero-order valence-electron chi connectivity index (χ0n) is 14.6. The highest BCUT2D eigenvalue weighted by atomic mass is 16.5. The third kappa shape index (κ3) is 3.20. The Bertz CT molecular complexity index is 823. The number of carboxylic acid groups (broad SMARTS) is 1. The van der Waals surface area contributed by atoms with Gasteiger partial charge in [0.05, 0.1) is 20.1 Å². The fourth-order valence-corrected chi connectivity index (χ4v) is 3.39. The van der Waals surface area contributed by atoms with Crippen molar-refractivity contribution in [2.45, 2.75) is 5.92 Å². The van der Waals surface area contributed by atoms with Crippen LogP contribution in [0.4, 0.5) is 0 Å². The maximum atomic E-state index is 12.9. The number of aromatic nitrogens is 1.